The average Bonchev–Trinajstić information content (AvgIpc) is 3.35. The highest BCUT2D eigenvalue weighted by molar-refractivity contribution is 6.23. The zero-order chi connectivity index (χ0) is 34.1. The van der Waals surface area contributed by atoms with Gasteiger partial charge in [-0.1, -0.05) is 42.5 Å². The van der Waals surface area contributed by atoms with Crippen LogP contribution in [0.5, 0.6) is 0 Å². The van der Waals surface area contributed by atoms with Gasteiger partial charge in [-0.3, -0.25) is 44.0 Å². The number of hydrogen-bond acceptors (Lipinski definition) is 7. The lowest BCUT2D eigenvalue weighted by Crippen LogP contribution is -2.54. The van der Waals surface area contributed by atoms with Gasteiger partial charge in [0.05, 0.1) is 17.5 Å². The fourth-order valence-electron chi connectivity index (χ4n) is 7.55. The van der Waals surface area contributed by atoms with E-state index < -0.39 is 29.7 Å². The van der Waals surface area contributed by atoms with Gasteiger partial charge in [0.2, 0.25) is 17.7 Å². The van der Waals surface area contributed by atoms with Crippen molar-refractivity contribution in [3.63, 3.8) is 0 Å². The third-order valence-electron chi connectivity index (χ3n) is 10.4. The maximum absolute atomic E-state index is 14.0. The van der Waals surface area contributed by atoms with Gasteiger partial charge in [0.25, 0.3) is 11.8 Å². The SMILES string of the molecule is O=C1CCC(N2C(=O)c3ccc(-c4cccc(CN5CCC(CN6CCN(C(=O)Cc7ccccc7F)CC6)CC5)c4)cc3C2=O)C(=O)N1. The molecule has 3 fully saturated rings. The molecule has 5 amide bonds. The van der Waals surface area contributed by atoms with E-state index in [0.29, 0.717) is 24.6 Å². The molecule has 254 valence electrons. The predicted octanol–water partition coefficient (Wildman–Crippen LogP) is 3.49. The number of amides is 5. The van der Waals surface area contributed by atoms with Crippen LogP contribution in [-0.4, -0.2) is 101 Å². The zero-order valence-electron chi connectivity index (χ0n) is 27.4. The highest BCUT2D eigenvalue weighted by Crippen LogP contribution is 2.32. The van der Waals surface area contributed by atoms with Crippen LogP contribution in [0.3, 0.4) is 0 Å². The van der Waals surface area contributed by atoms with E-state index in [2.05, 4.69) is 27.2 Å². The Morgan fingerprint density at radius 3 is 2.24 bits per heavy atom. The van der Waals surface area contributed by atoms with E-state index in [-0.39, 0.29) is 42.1 Å². The van der Waals surface area contributed by atoms with Gasteiger partial charge in [0.15, 0.2) is 0 Å². The molecule has 4 aliphatic rings. The van der Waals surface area contributed by atoms with E-state index in [4.69, 9.17) is 0 Å². The first-order valence-corrected chi connectivity index (χ1v) is 17.1. The van der Waals surface area contributed by atoms with E-state index >= 15 is 0 Å². The number of hydrogen-bond donors (Lipinski definition) is 1. The number of carbonyl (C=O) groups excluding carboxylic acids is 5. The number of piperidine rings is 2. The first-order valence-electron chi connectivity index (χ1n) is 17.1. The normalized spacial score (nSPS) is 20.9. The summed E-state index contributed by atoms with van der Waals surface area (Å²) in [5, 5.41) is 2.23. The molecule has 1 unspecified atom stereocenters. The Balaban J connectivity index is 0.897. The maximum Gasteiger partial charge on any atom is 0.262 e. The highest BCUT2D eigenvalue weighted by atomic mass is 19.1. The summed E-state index contributed by atoms with van der Waals surface area (Å²) in [6.07, 6.45) is 2.53. The number of likely N-dealkylation sites (tertiary alicyclic amines) is 1. The van der Waals surface area contributed by atoms with Crippen molar-refractivity contribution in [2.24, 2.45) is 5.92 Å². The van der Waals surface area contributed by atoms with Gasteiger partial charge < -0.3 is 4.90 Å². The first kappa shape index (κ1) is 32.8. The van der Waals surface area contributed by atoms with Crippen LogP contribution >= 0.6 is 0 Å². The lowest BCUT2D eigenvalue weighted by molar-refractivity contribution is -0.136. The predicted molar refractivity (Wildman–Crippen MR) is 180 cm³/mol. The van der Waals surface area contributed by atoms with Crippen LogP contribution in [0.2, 0.25) is 0 Å². The van der Waals surface area contributed by atoms with Crippen LogP contribution in [0.1, 0.15) is 57.5 Å². The van der Waals surface area contributed by atoms with Crippen LogP contribution in [0.25, 0.3) is 11.1 Å². The van der Waals surface area contributed by atoms with Crippen molar-refractivity contribution in [1.29, 1.82) is 0 Å². The van der Waals surface area contributed by atoms with E-state index in [1.807, 2.05) is 23.1 Å². The molecule has 0 radical (unpaired) electrons. The van der Waals surface area contributed by atoms with Gasteiger partial charge in [-0.05, 0) is 84.8 Å². The molecule has 49 heavy (non-hydrogen) atoms. The maximum atomic E-state index is 14.0. The Kier molecular flexibility index (Phi) is 9.38. The summed E-state index contributed by atoms with van der Waals surface area (Å²) in [5.74, 6) is -1.77. The van der Waals surface area contributed by atoms with Crippen LogP contribution < -0.4 is 5.32 Å². The zero-order valence-corrected chi connectivity index (χ0v) is 27.4. The Bertz CT molecular complexity index is 1800. The van der Waals surface area contributed by atoms with Gasteiger partial charge in [-0.15, -0.1) is 0 Å². The second kappa shape index (κ2) is 14.0. The number of nitrogens with one attached hydrogen (secondary N) is 1. The minimum atomic E-state index is -0.986. The number of imide groups is 2. The molecular formula is C38H40FN5O5. The summed E-state index contributed by atoms with van der Waals surface area (Å²) >= 11 is 0. The summed E-state index contributed by atoms with van der Waals surface area (Å²) in [6.45, 7) is 6.88. The van der Waals surface area contributed by atoms with Crippen LogP contribution in [-0.2, 0) is 27.3 Å². The van der Waals surface area contributed by atoms with Crippen molar-refractivity contribution in [1.82, 2.24) is 24.9 Å². The molecule has 0 saturated carbocycles. The average molecular weight is 666 g/mol. The molecule has 11 heteroatoms. The summed E-state index contributed by atoms with van der Waals surface area (Å²) < 4.78 is 14.0. The summed E-state index contributed by atoms with van der Waals surface area (Å²) in [6, 6.07) is 18.9. The number of carbonyl (C=O) groups is 5. The van der Waals surface area contributed by atoms with Crippen molar-refractivity contribution >= 4 is 29.5 Å². The molecule has 4 heterocycles. The molecule has 1 N–H and O–H groups in total. The number of halogens is 1. The summed E-state index contributed by atoms with van der Waals surface area (Å²) in [4.78, 5) is 70.9. The van der Waals surface area contributed by atoms with Crippen molar-refractivity contribution < 1.29 is 28.4 Å². The van der Waals surface area contributed by atoms with Gasteiger partial charge in [-0.2, -0.15) is 0 Å². The molecule has 0 aliphatic carbocycles. The molecule has 0 aromatic heterocycles. The molecule has 10 nitrogen and oxygen atoms in total. The van der Waals surface area contributed by atoms with Crippen molar-refractivity contribution in [3.05, 3.63) is 94.8 Å². The lowest BCUT2D eigenvalue weighted by atomic mass is 9.95. The lowest BCUT2D eigenvalue weighted by Gasteiger charge is -2.39. The molecule has 3 aromatic rings. The molecule has 0 spiro atoms. The van der Waals surface area contributed by atoms with Crippen LogP contribution in [0.4, 0.5) is 4.39 Å². The standard InChI is InChI=1S/C38H40FN5O5/c39-32-7-2-1-5-29(32)22-35(46)43-18-16-42(17-19-43)23-25-12-14-41(15-13-25)24-26-4-3-6-27(20-26)28-8-9-30-31(21-28)38(49)44(37(30)48)33-10-11-34(45)40-36(33)47/h1-9,20-21,25,33H,10-19,22-24H2,(H,40,45,47). The largest absolute Gasteiger partial charge is 0.340 e. The monoisotopic (exact) mass is 665 g/mol. The number of piperazine rings is 1. The molecular weight excluding hydrogens is 625 g/mol. The quantitative estimate of drug-likeness (QED) is 0.367. The van der Waals surface area contributed by atoms with Gasteiger partial charge in [0.1, 0.15) is 11.9 Å². The number of nitrogens with zero attached hydrogens (tertiary/aromatic N) is 4. The number of rotatable bonds is 8. The molecule has 0 bridgehead atoms. The molecule has 1 atom stereocenters. The fourth-order valence-corrected chi connectivity index (χ4v) is 7.55. The minimum absolute atomic E-state index is 0.0154. The summed E-state index contributed by atoms with van der Waals surface area (Å²) in [7, 11) is 0. The Morgan fingerprint density at radius 1 is 0.755 bits per heavy atom. The highest BCUT2D eigenvalue weighted by Gasteiger charge is 2.44. The topological polar surface area (TPSA) is 110 Å². The Labute approximate surface area is 284 Å². The minimum Gasteiger partial charge on any atom is -0.340 e. The smallest absolute Gasteiger partial charge is 0.262 e. The second-order valence-corrected chi connectivity index (χ2v) is 13.6. The van der Waals surface area contributed by atoms with E-state index in [1.165, 1.54) is 11.6 Å². The van der Waals surface area contributed by atoms with Gasteiger partial charge in [0, 0.05) is 45.7 Å². The number of fused-ring (bicyclic) bond motifs is 1. The molecule has 3 aromatic carbocycles. The van der Waals surface area contributed by atoms with Crippen molar-refractivity contribution in [3.8, 4) is 11.1 Å². The third-order valence-corrected chi connectivity index (χ3v) is 10.4. The van der Waals surface area contributed by atoms with Gasteiger partial charge in [-0.25, -0.2) is 4.39 Å². The van der Waals surface area contributed by atoms with E-state index in [0.717, 1.165) is 68.1 Å². The molecule has 7 rings (SSSR count). The second-order valence-electron chi connectivity index (χ2n) is 13.6. The van der Waals surface area contributed by atoms with E-state index in [9.17, 15) is 28.4 Å². The Hall–Kier alpha value is -4.74. The van der Waals surface area contributed by atoms with Crippen LogP contribution in [0.15, 0.2) is 66.7 Å². The first-order chi connectivity index (χ1) is 23.7. The van der Waals surface area contributed by atoms with Gasteiger partial charge >= 0.3 is 0 Å². The van der Waals surface area contributed by atoms with Crippen molar-refractivity contribution in [2.75, 3.05) is 45.8 Å². The Morgan fingerprint density at radius 2 is 1.49 bits per heavy atom. The molecule has 4 aliphatic heterocycles. The molecule has 3 saturated heterocycles. The van der Waals surface area contributed by atoms with E-state index in [1.54, 1.807) is 30.3 Å². The van der Waals surface area contributed by atoms with Crippen LogP contribution in [0, 0.1) is 11.7 Å². The third kappa shape index (κ3) is 7.04. The number of benzene rings is 3. The van der Waals surface area contributed by atoms with Crippen molar-refractivity contribution in [2.45, 2.75) is 44.7 Å². The fraction of sp³-hybridized carbons (Fsp3) is 0.395. The summed E-state index contributed by atoms with van der Waals surface area (Å²) in [5.41, 5.74) is 3.93.